The van der Waals surface area contributed by atoms with E-state index in [9.17, 15) is 9.59 Å². The summed E-state index contributed by atoms with van der Waals surface area (Å²) in [4.78, 5) is 24.4. The third-order valence-corrected chi connectivity index (χ3v) is 2.79. The van der Waals surface area contributed by atoms with Gasteiger partial charge in [0.2, 0.25) is 11.8 Å². The molecule has 1 rings (SSSR count). The van der Waals surface area contributed by atoms with Crippen LogP contribution in [0.15, 0.2) is 0 Å². The molecule has 1 atom stereocenters. The van der Waals surface area contributed by atoms with Crippen molar-refractivity contribution in [3.8, 4) is 0 Å². The molecule has 1 saturated heterocycles. The molecule has 6 heteroatoms. The second kappa shape index (κ2) is 7.33. The predicted octanol–water partition coefficient (Wildman–Crippen LogP) is -0.665. The summed E-state index contributed by atoms with van der Waals surface area (Å²) in [5.74, 6) is 0.112. The second-order valence-corrected chi connectivity index (χ2v) is 4.96. The fraction of sp³-hybridized carbons (Fsp3) is 0.833. The average Bonchev–Trinajstić information content (AvgIpc) is 2.81. The fourth-order valence-corrected chi connectivity index (χ4v) is 1.78. The van der Waals surface area contributed by atoms with Gasteiger partial charge in [0.1, 0.15) is 0 Å². The normalized spacial score (nSPS) is 19.3. The first-order valence-corrected chi connectivity index (χ1v) is 6.39. The van der Waals surface area contributed by atoms with Gasteiger partial charge in [0.15, 0.2) is 0 Å². The Morgan fingerprint density at radius 3 is 2.83 bits per heavy atom. The number of nitrogens with one attached hydrogen (secondary N) is 1. The SMILES string of the molecule is CC(C)COC1CCN(C(=O)CNC(=O)CN)C1. The molecule has 0 radical (unpaired) electrons. The lowest BCUT2D eigenvalue weighted by Gasteiger charge is -2.17. The number of hydrogen-bond acceptors (Lipinski definition) is 4. The minimum Gasteiger partial charge on any atom is -0.376 e. The minimum atomic E-state index is -0.310. The first kappa shape index (κ1) is 14.9. The molecular weight excluding hydrogens is 234 g/mol. The van der Waals surface area contributed by atoms with Gasteiger partial charge >= 0.3 is 0 Å². The molecule has 0 saturated carbocycles. The summed E-state index contributed by atoms with van der Waals surface area (Å²) in [6.45, 7) is 6.15. The van der Waals surface area contributed by atoms with E-state index in [0.29, 0.717) is 19.0 Å². The molecule has 0 bridgehead atoms. The van der Waals surface area contributed by atoms with Crippen molar-refractivity contribution in [1.82, 2.24) is 10.2 Å². The van der Waals surface area contributed by atoms with Gasteiger partial charge in [-0.3, -0.25) is 9.59 Å². The highest BCUT2D eigenvalue weighted by molar-refractivity contribution is 5.85. The number of likely N-dealkylation sites (tertiary alicyclic amines) is 1. The van der Waals surface area contributed by atoms with Gasteiger partial charge in [0.05, 0.1) is 19.2 Å². The van der Waals surface area contributed by atoms with Crippen molar-refractivity contribution < 1.29 is 14.3 Å². The maximum atomic E-state index is 11.8. The Morgan fingerprint density at radius 1 is 1.50 bits per heavy atom. The highest BCUT2D eigenvalue weighted by Gasteiger charge is 2.26. The van der Waals surface area contributed by atoms with Crippen LogP contribution < -0.4 is 11.1 Å². The summed E-state index contributed by atoms with van der Waals surface area (Å²) in [5, 5.41) is 2.48. The van der Waals surface area contributed by atoms with Gasteiger partial charge in [0.25, 0.3) is 0 Å². The number of carbonyl (C=O) groups excluding carboxylic acids is 2. The van der Waals surface area contributed by atoms with Gasteiger partial charge < -0.3 is 20.7 Å². The van der Waals surface area contributed by atoms with Crippen LogP contribution in [0.25, 0.3) is 0 Å². The first-order chi connectivity index (χ1) is 8.52. The van der Waals surface area contributed by atoms with Crippen molar-refractivity contribution in [2.75, 3.05) is 32.8 Å². The molecule has 0 aromatic carbocycles. The Bertz CT molecular complexity index is 294. The molecule has 2 amide bonds. The molecule has 0 aromatic rings. The van der Waals surface area contributed by atoms with Crippen LogP contribution in [0, 0.1) is 5.92 Å². The summed E-state index contributed by atoms with van der Waals surface area (Å²) in [5.41, 5.74) is 5.14. The monoisotopic (exact) mass is 257 g/mol. The Morgan fingerprint density at radius 2 is 2.22 bits per heavy atom. The predicted molar refractivity (Wildman–Crippen MR) is 67.8 cm³/mol. The smallest absolute Gasteiger partial charge is 0.242 e. The molecule has 1 unspecified atom stereocenters. The average molecular weight is 257 g/mol. The van der Waals surface area contributed by atoms with Crippen molar-refractivity contribution in [2.24, 2.45) is 11.7 Å². The maximum Gasteiger partial charge on any atom is 0.242 e. The highest BCUT2D eigenvalue weighted by Crippen LogP contribution is 2.13. The molecule has 6 nitrogen and oxygen atoms in total. The molecule has 0 aliphatic carbocycles. The van der Waals surface area contributed by atoms with Crippen LogP contribution in [-0.2, 0) is 14.3 Å². The molecule has 1 heterocycles. The largest absolute Gasteiger partial charge is 0.376 e. The summed E-state index contributed by atoms with van der Waals surface area (Å²) < 4.78 is 5.69. The van der Waals surface area contributed by atoms with Crippen molar-refractivity contribution in [3.63, 3.8) is 0 Å². The highest BCUT2D eigenvalue weighted by atomic mass is 16.5. The van der Waals surface area contributed by atoms with E-state index in [4.69, 9.17) is 10.5 Å². The van der Waals surface area contributed by atoms with Crippen LogP contribution in [0.1, 0.15) is 20.3 Å². The van der Waals surface area contributed by atoms with E-state index in [1.165, 1.54) is 0 Å². The van der Waals surface area contributed by atoms with Gasteiger partial charge in [-0.25, -0.2) is 0 Å². The molecule has 0 spiro atoms. The van der Waals surface area contributed by atoms with E-state index < -0.39 is 0 Å². The number of hydrogen-bond donors (Lipinski definition) is 2. The summed E-state index contributed by atoms with van der Waals surface area (Å²) in [6.07, 6.45) is 0.991. The van der Waals surface area contributed by atoms with E-state index in [0.717, 1.165) is 13.0 Å². The van der Waals surface area contributed by atoms with Gasteiger partial charge in [-0.1, -0.05) is 13.8 Å². The summed E-state index contributed by atoms with van der Waals surface area (Å²) >= 11 is 0. The number of amides is 2. The van der Waals surface area contributed by atoms with Gasteiger partial charge in [-0.2, -0.15) is 0 Å². The third kappa shape index (κ3) is 5.01. The van der Waals surface area contributed by atoms with Crippen molar-refractivity contribution in [2.45, 2.75) is 26.4 Å². The van der Waals surface area contributed by atoms with Crippen LogP contribution in [0.3, 0.4) is 0 Å². The lowest BCUT2D eigenvalue weighted by atomic mass is 10.2. The van der Waals surface area contributed by atoms with E-state index >= 15 is 0 Å². The molecule has 3 N–H and O–H groups in total. The number of nitrogens with two attached hydrogens (primary N) is 1. The van der Waals surface area contributed by atoms with Gasteiger partial charge in [0, 0.05) is 19.7 Å². The molecule has 18 heavy (non-hydrogen) atoms. The molecule has 1 aliphatic rings. The molecule has 1 fully saturated rings. The fourth-order valence-electron chi connectivity index (χ4n) is 1.78. The molecule has 104 valence electrons. The lowest BCUT2D eigenvalue weighted by Crippen LogP contribution is -2.41. The van der Waals surface area contributed by atoms with Crippen molar-refractivity contribution in [3.05, 3.63) is 0 Å². The van der Waals surface area contributed by atoms with E-state index in [-0.39, 0.29) is 31.0 Å². The second-order valence-electron chi connectivity index (χ2n) is 4.96. The number of rotatable bonds is 6. The van der Waals surface area contributed by atoms with E-state index in [1.54, 1.807) is 4.90 Å². The minimum absolute atomic E-state index is 0.0208. The zero-order valence-electron chi connectivity index (χ0n) is 11.1. The standard InChI is InChI=1S/C12H23N3O3/c1-9(2)8-18-10-3-4-15(7-10)12(17)6-14-11(16)5-13/h9-10H,3-8,13H2,1-2H3,(H,14,16). The number of ether oxygens (including phenoxy) is 1. The number of carbonyl (C=O) groups is 2. The van der Waals surface area contributed by atoms with Crippen molar-refractivity contribution in [1.29, 1.82) is 0 Å². The maximum absolute atomic E-state index is 11.8. The Kier molecular flexibility index (Phi) is 6.07. The summed E-state index contributed by atoms with van der Waals surface area (Å²) in [6, 6.07) is 0. The van der Waals surface area contributed by atoms with Crippen LogP contribution in [-0.4, -0.2) is 55.6 Å². The zero-order valence-corrected chi connectivity index (χ0v) is 11.1. The van der Waals surface area contributed by atoms with Crippen molar-refractivity contribution >= 4 is 11.8 Å². The third-order valence-electron chi connectivity index (χ3n) is 2.79. The lowest BCUT2D eigenvalue weighted by molar-refractivity contribution is -0.132. The quantitative estimate of drug-likeness (QED) is 0.661. The Hall–Kier alpha value is -1.14. The van der Waals surface area contributed by atoms with Gasteiger partial charge in [-0.05, 0) is 12.3 Å². The Balaban J connectivity index is 2.24. The van der Waals surface area contributed by atoms with Crippen LogP contribution in [0.2, 0.25) is 0 Å². The van der Waals surface area contributed by atoms with E-state index in [2.05, 4.69) is 19.2 Å². The summed E-state index contributed by atoms with van der Waals surface area (Å²) in [7, 11) is 0. The number of nitrogens with zero attached hydrogens (tertiary/aromatic N) is 1. The Labute approximate surface area is 108 Å². The topological polar surface area (TPSA) is 84.7 Å². The van der Waals surface area contributed by atoms with Crippen LogP contribution in [0.5, 0.6) is 0 Å². The van der Waals surface area contributed by atoms with Crippen LogP contribution in [0.4, 0.5) is 0 Å². The molecule has 1 aliphatic heterocycles. The molecule has 0 aromatic heterocycles. The van der Waals surface area contributed by atoms with Crippen LogP contribution >= 0.6 is 0 Å². The first-order valence-electron chi connectivity index (χ1n) is 6.39. The zero-order chi connectivity index (χ0) is 13.5. The van der Waals surface area contributed by atoms with E-state index in [1.807, 2.05) is 0 Å². The van der Waals surface area contributed by atoms with Gasteiger partial charge in [-0.15, -0.1) is 0 Å². The molecular formula is C12H23N3O3.